The molecule has 2 aromatic carbocycles. The van der Waals surface area contributed by atoms with Crippen LogP contribution in [-0.2, 0) is 13.1 Å². The molecule has 0 fully saturated rings. The van der Waals surface area contributed by atoms with Crippen LogP contribution in [0.4, 0.5) is 0 Å². The number of carbonyl (C=O) groups excluding carboxylic acids is 1. The maximum absolute atomic E-state index is 12.1. The van der Waals surface area contributed by atoms with Crippen LogP contribution in [0.25, 0.3) is 0 Å². The molecule has 0 spiro atoms. The number of hydrogen-bond donors (Lipinski definition) is 2. The number of nitrogens with two attached hydrogens (primary N) is 1. The minimum atomic E-state index is -0.0653. The maximum Gasteiger partial charge on any atom is 0.251 e. The molecule has 1 amide bonds. The second-order valence-corrected chi connectivity index (χ2v) is 5.26. The Morgan fingerprint density at radius 1 is 1.10 bits per heavy atom. The minimum absolute atomic E-state index is 0.0653. The van der Waals surface area contributed by atoms with E-state index in [2.05, 4.69) is 5.32 Å². The first-order chi connectivity index (χ1) is 9.74. The van der Waals surface area contributed by atoms with Crippen LogP contribution in [0, 0.1) is 0 Å². The minimum Gasteiger partial charge on any atom is -0.348 e. The summed E-state index contributed by atoms with van der Waals surface area (Å²) in [6, 6.07) is 15.5. The molecular weight excluding hydrogens is 268 g/mol. The lowest BCUT2D eigenvalue weighted by molar-refractivity contribution is 0.0951. The van der Waals surface area contributed by atoms with Crippen LogP contribution in [0.3, 0.4) is 0 Å². The summed E-state index contributed by atoms with van der Waals surface area (Å²) in [4.78, 5) is 13.2. The molecule has 0 unspecified atom stereocenters. The van der Waals surface area contributed by atoms with Crippen molar-refractivity contribution in [2.24, 2.45) is 5.73 Å². The fraction of sp³-hybridized carbons (Fsp3) is 0.188. The Kier molecular flexibility index (Phi) is 5.21. The molecule has 0 aromatic heterocycles. The molecular formula is C16H18N2OS. The SMILES string of the molecule is CSc1ccc(C(=O)NCc2ccccc2CN)cc1. The molecule has 0 aliphatic carbocycles. The zero-order valence-electron chi connectivity index (χ0n) is 11.4. The molecule has 0 aliphatic heterocycles. The molecule has 2 rings (SSSR count). The van der Waals surface area contributed by atoms with E-state index >= 15 is 0 Å². The topological polar surface area (TPSA) is 55.1 Å². The Bertz CT molecular complexity index is 581. The smallest absolute Gasteiger partial charge is 0.251 e. The van der Waals surface area contributed by atoms with Gasteiger partial charge in [-0.3, -0.25) is 4.79 Å². The zero-order chi connectivity index (χ0) is 14.4. The number of thioether (sulfide) groups is 1. The van der Waals surface area contributed by atoms with Crippen molar-refractivity contribution in [3.05, 3.63) is 65.2 Å². The molecule has 0 atom stereocenters. The van der Waals surface area contributed by atoms with Gasteiger partial charge in [0.1, 0.15) is 0 Å². The molecule has 0 bridgehead atoms. The van der Waals surface area contributed by atoms with E-state index in [1.165, 1.54) is 0 Å². The molecule has 4 heteroatoms. The van der Waals surface area contributed by atoms with Gasteiger partial charge in [-0.25, -0.2) is 0 Å². The Balaban J connectivity index is 2.01. The lowest BCUT2D eigenvalue weighted by Gasteiger charge is -2.09. The highest BCUT2D eigenvalue weighted by Crippen LogP contribution is 2.15. The molecule has 0 heterocycles. The average Bonchev–Trinajstić information content (AvgIpc) is 2.53. The molecule has 0 saturated carbocycles. The van der Waals surface area contributed by atoms with E-state index in [0.717, 1.165) is 16.0 Å². The van der Waals surface area contributed by atoms with Gasteiger partial charge in [0.15, 0.2) is 0 Å². The lowest BCUT2D eigenvalue weighted by Crippen LogP contribution is -2.23. The maximum atomic E-state index is 12.1. The summed E-state index contributed by atoms with van der Waals surface area (Å²) >= 11 is 1.66. The Hall–Kier alpha value is -1.78. The van der Waals surface area contributed by atoms with E-state index in [-0.39, 0.29) is 5.91 Å². The Labute approximate surface area is 123 Å². The van der Waals surface area contributed by atoms with Gasteiger partial charge in [-0.15, -0.1) is 11.8 Å². The summed E-state index contributed by atoms with van der Waals surface area (Å²) in [6.07, 6.45) is 2.01. The Morgan fingerprint density at radius 2 is 1.75 bits per heavy atom. The molecule has 0 saturated heterocycles. The number of carbonyl (C=O) groups is 1. The largest absolute Gasteiger partial charge is 0.348 e. The number of nitrogens with one attached hydrogen (secondary N) is 1. The lowest BCUT2D eigenvalue weighted by atomic mass is 10.1. The third-order valence-electron chi connectivity index (χ3n) is 3.13. The van der Waals surface area contributed by atoms with Crippen molar-refractivity contribution in [3.8, 4) is 0 Å². The summed E-state index contributed by atoms with van der Waals surface area (Å²) in [5.74, 6) is -0.0653. The van der Waals surface area contributed by atoms with E-state index in [0.29, 0.717) is 18.7 Å². The number of hydrogen-bond acceptors (Lipinski definition) is 3. The molecule has 3 N–H and O–H groups in total. The highest BCUT2D eigenvalue weighted by atomic mass is 32.2. The fourth-order valence-corrected chi connectivity index (χ4v) is 2.36. The van der Waals surface area contributed by atoms with Gasteiger partial charge >= 0.3 is 0 Å². The summed E-state index contributed by atoms with van der Waals surface area (Å²) in [5, 5.41) is 2.93. The van der Waals surface area contributed by atoms with E-state index in [4.69, 9.17) is 5.73 Å². The molecule has 0 aliphatic rings. The van der Waals surface area contributed by atoms with Gasteiger partial charge < -0.3 is 11.1 Å². The van der Waals surface area contributed by atoms with E-state index in [1.807, 2.05) is 54.8 Å². The van der Waals surface area contributed by atoms with Crippen molar-refractivity contribution in [1.29, 1.82) is 0 Å². The van der Waals surface area contributed by atoms with Gasteiger partial charge in [-0.2, -0.15) is 0 Å². The quantitative estimate of drug-likeness (QED) is 0.831. The number of benzene rings is 2. The van der Waals surface area contributed by atoms with Crippen molar-refractivity contribution >= 4 is 17.7 Å². The van der Waals surface area contributed by atoms with Crippen molar-refractivity contribution in [2.75, 3.05) is 6.26 Å². The second-order valence-electron chi connectivity index (χ2n) is 4.38. The molecule has 2 aromatic rings. The van der Waals surface area contributed by atoms with Crippen LogP contribution < -0.4 is 11.1 Å². The molecule has 104 valence electrons. The van der Waals surface area contributed by atoms with Gasteiger partial charge in [0.25, 0.3) is 5.91 Å². The summed E-state index contributed by atoms with van der Waals surface area (Å²) < 4.78 is 0. The van der Waals surface area contributed by atoms with E-state index < -0.39 is 0 Å². The zero-order valence-corrected chi connectivity index (χ0v) is 12.2. The monoisotopic (exact) mass is 286 g/mol. The Morgan fingerprint density at radius 3 is 2.35 bits per heavy atom. The normalized spacial score (nSPS) is 10.3. The van der Waals surface area contributed by atoms with Gasteiger partial charge in [0.05, 0.1) is 0 Å². The molecule has 20 heavy (non-hydrogen) atoms. The first-order valence-corrected chi connectivity index (χ1v) is 7.66. The standard InChI is InChI=1S/C16H18N2OS/c1-20-15-8-6-12(7-9-15)16(19)18-11-14-5-3-2-4-13(14)10-17/h2-9H,10-11,17H2,1H3,(H,18,19). The van der Waals surface area contributed by atoms with Crippen molar-refractivity contribution in [1.82, 2.24) is 5.32 Å². The summed E-state index contributed by atoms with van der Waals surface area (Å²) in [5.41, 5.74) is 8.48. The van der Waals surface area contributed by atoms with Crippen LogP contribution in [-0.4, -0.2) is 12.2 Å². The van der Waals surface area contributed by atoms with Gasteiger partial charge in [-0.1, -0.05) is 24.3 Å². The van der Waals surface area contributed by atoms with Crippen LogP contribution in [0.2, 0.25) is 0 Å². The van der Waals surface area contributed by atoms with Gasteiger partial charge in [0.2, 0.25) is 0 Å². The summed E-state index contributed by atoms with van der Waals surface area (Å²) in [7, 11) is 0. The highest BCUT2D eigenvalue weighted by Gasteiger charge is 2.06. The number of rotatable bonds is 5. The average molecular weight is 286 g/mol. The predicted molar refractivity (Wildman–Crippen MR) is 83.7 cm³/mol. The third kappa shape index (κ3) is 3.62. The van der Waals surface area contributed by atoms with Crippen LogP contribution in [0.1, 0.15) is 21.5 Å². The highest BCUT2D eigenvalue weighted by molar-refractivity contribution is 7.98. The molecule has 3 nitrogen and oxygen atoms in total. The fourth-order valence-electron chi connectivity index (χ4n) is 1.95. The van der Waals surface area contributed by atoms with Crippen molar-refractivity contribution in [2.45, 2.75) is 18.0 Å². The van der Waals surface area contributed by atoms with Crippen molar-refractivity contribution in [3.63, 3.8) is 0 Å². The van der Waals surface area contributed by atoms with E-state index in [1.54, 1.807) is 11.8 Å². The second kappa shape index (κ2) is 7.12. The van der Waals surface area contributed by atoms with Crippen LogP contribution in [0.5, 0.6) is 0 Å². The first-order valence-electron chi connectivity index (χ1n) is 6.43. The van der Waals surface area contributed by atoms with E-state index in [9.17, 15) is 4.79 Å². The molecule has 0 radical (unpaired) electrons. The van der Waals surface area contributed by atoms with Gasteiger partial charge in [0, 0.05) is 23.5 Å². The van der Waals surface area contributed by atoms with Crippen LogP contribution >= 0.6 is 11.8 Å². The van der Waals surface area contributed by atoms with Gasteiger partial charge in [-0.05, 0) is 41.6 Å². The number of amides is 1. The summed E-state index contributed by atoms with van der Waals surface area (Å²) in [6.45, 7) is 0.977. The van der Waals surface area contributed by atoms with Crippen LogP contribution in [0.15, 0.2) is 53.4 Å². The van der Waals surface area contributed by atoms with Crippen molar-refractivity contribution < 1.29 is 4.79 Å². The third-order valence-corrected chi connectivity index (χ3v) is 3.87. The predicted octanol–water partition coefficient (Wildman–Crippen LogP) is 2.80. The first kappa shape index (κ1) is 14.6.